The van der Waals surface area contributed by atoms with Crippen LogP contribution in [0.5, 0.6) is 5.75 Å². The highest BCUT2D eigenvalue weighted by molar-refractivity contribution is 6.08. The van der Waals surface area contributed by atoms with Crippen molar-refractivity contribution >= 4 is 28.9 Å². The number of para-hydroxylation sites is 2. The number of benzene rings is 3. The zero-order valence-electron chi connectivity index (χ0n) is 20.7. The molecule has 184 valence electrons. The number of anilines is 1. The molecule has 0 saturated heterocycles. The maximum absolute atomic E-state index is 14.1. The average Bonchev–Trinajstić information content (AvgIpc) is 3.27. The predicted molar refractivity (Wildman–Crippen MR) is 138 cm³/mol. The summed E-state index contributed by atoms with van der Waals surface area (Å²) < 4.78 is 13.1. The minimum atomic E-state index is -1.06. The zero-order chi connectivity index (χ0) is 25.2. The SMILES string of the molecule is CCOC(=O)[C@H]1C(=O)N(Cc2ccc(C)cc2)c2nc3ccccc3n2[C@H]1c1ccc(OCC)cc1. The second-order valence-electron chi connectivity index (χ2n) is 8.86. The number of esters is 1. The van der Waals surface area contributed by atoms with E-state index in [0.29, 0.717) is 19.1 Å². The van der Waals surface area contributed by atoms with Gasteiger partial charge in [0.05, 0.1) is 36.8 Å². The van der Waals surface area contributed by atoms with E-state index in [0.717, 1.165) is 33.5 Å². The summed E-state index contributed by atoms with van der Waals surface area (Å²) in [5, 5.41) is 0. The predicted octanol–water partition coefficient (Wildman–Crippen LogP) is 5.06. The molecular weight excluding hydrogens is 454 g/mol. The molecule has 0 saturated carbocycles. The van der Waals surface area contributed by atoms with Crippen LogP contribution in [0.25, 0.3) is 11.0 Å². The summed E-state index contributed by atoms with van der Waals surface area (Å²) in [6.45, 7) is 6.74. The van der Waals surface area contributed by atoms with Gasteiger partial charge in [0, 0.05) is 0 Å². The molecule has 2 heterocycles. The molecule has 1 aromatic heterocycles. The fourth-order valence-electron chi connectivity index (χ4n) is 4.80. The standard InChI is InChI=1S/C29H29N3O4/c1-4-35-22-16-14-21(15-17-22)26-25(28(34)36-5-2)27(33)31(18-20-12-10-19(3)11-13-20)29-30-23-8-6-7-9-24(23)32(26)29/h6-17,25-26H,4-5,18H2,1-3H3/t25-,26+/m1/s1. The van der Waals surface area contributed by atoms with Crippen molar-refractivity contribution in [2.75, 3.05) is 18.1 Å². The third-order valence-corrected chi connectivity index (χ3v) is 6.48. The van der Waals surface area contributed by atoms with Crippen molar-refractivity contribution in [3.63, 3.8) is 0 Å². The van der Waals surface area contributed by atoms with Crippen molar-refractivity contribution in [2.45, 2.75) is 33.4 Å². The van der Waals surface area contributed by atoms with Gasteiger partial charge >= 0.3 is 5.97 Å². The van der Waals surface area contributed by atoms with Crippen LogP contribution in [0.3, 0.4) is 0 Å². The normalized spacial score (nSPS) is 17.2. The summed E-state index contributed by atoms with van der Waals surface area (Å²) >= 11 is 0. The van der Waals surface area contributed by atoms with E-state index < -0.39 is 17.9 Å². The summed E-state index contributed by atoms with van der Waals surface area (Å²) in [7, 11) is 0. The molecule has 0 unspecified atom stereocenters. The van der Waals surface area contributed by atoms with Gasteiger partial charge in [0.15, 0.2) is 5.92 Å². The highest BCUT2D eigenvalue weighted by Crippen LogP contribution is 2.42. The Labute approximate surface area is 210 Å². The quantitative estimate of drug-likeness (QED) is 0.271. The molecule has 36 heavy (non-hydrogen) atoms. The number of carbonyl (C=O) groups is 2. The van der Waals surface area contributed by atoms with Crippen LogP contribution >= 0.6 is 0 Å². The van der Waals surface area contributed by atoms with E-state index in [1.807, 2.05) is 91.2 Å². The summed E-state index contributed by atoms with van der Waals surface area (Å²) in [4.78, 5) is 33.9. The molecule has 1 aliphatic rings. The Kier molecular flexibility index (Phi) is 6.46. The molecule has 1 amide bonds. The van der Waals surface area contributed by atoms with E-state index in [1.165, 1.54) is 0 Å². The highest BCUT2D eigenvalue weighted by atomic mass is 16.5. The van der Waals surface area contributed by atoms with Crippen molar-refractivity contribution in [3.8, 4) is 5.75 Å². The number of aromatic nitrogens is 2. The molecule has 4 aromatic rings. The van der Waals surface area contributed by atoms with Crippen molar-refractivity contribution in [2.24, 2.45) is 5.92 Å². The minimum Gasteiger partial charge on any atom is -0.494 e. The molecule has 3 aromatic carbocycles. The molecule has 0 fully saturated rings. The third kappa shape index (κ3) is 4.21. The van der Waals surface area contributed by atoms with Crippen molar-refractivity contribution < 1.29 is 19.1 Å². The maximum Gasteiger partial charge on any atom is 0.321 e. The van der Waals surface area contributed by atoms with E-state index in [1.54, 1.807) is 11.8 Å². The number of carbonyl (C=O) groups excluding carboxylic acids is 2. The second-order valence-corrected chi connectivity index (χ2v) is 8.86. The summed E-state index contributed by atoms with van der Waals surface area (Å²) in [6, 6.07) is 22.7. The summed E-state index contributed by atoms with van der Waals surface area (Å²) in [6.07, 6.45) is 0. The van der Waals surface area contributed by atoms with Gasteiger partial charge < -0.3 is 14.0 Å². The van der Waals surface area contributed by atoms with E-state index in [2.05, 4.69) is 0 Å². The molecule has 1 aliphatic heterocycles. The molecule has 0 radical (unpaired) electrons. The molecule has 7 heteroatoms. The van der Waals surface area contributed by atoms with E-state index >= 15 is 0 Å². The van der Waals surface area contributed by atoms with Crippen LogP contribution in [0.1, 0.15) is 36.6 Å². The molecule has 0 spiro atoms. The van der Waals surface area contributed by atoms with Crippen LogP contribution in [0.15, 0.2) is 72.8 Å². The molecule has 7 nitrogen and oxygen atoms in total. The van der Waals surface area contributed by atoms with E-state index in [-0.39, 0.29) is 12.5 Å². The van der Waals surface area contributed by atoms with Crippen LogP contribution in [-0.2, 0) is 20.9 Å². The topological polar surface area (TPSA) is 73.7 Å². The minimum absolute atomic E-state index is 0.189. The number of hydrogen-bond acceptors (Lipinski definition) is 5. The number of fused-ring (bicyclic) bond motifs is 3. The van der Waals surface area contributed by atoms with Crippen LogP contribution < -0.4 is 9.64 Å². The van der Waals surface area contributed by atoms with E-state index in [4.69, 9.17) is 14.5 Å². The van der Waals surface area contributed by atoms with Crippen LogP contribution in [0.4, 0.5) is 5.95 Å². The monoisotopic (exact) mass is 483 g/mol. The number of rotatable bonds is 7. The lowest BCUT2D eigenvalue weighted by molar-refractivity contribution is -0.153. The molecule has 0 N–H and O–H groups in total. The third-order valence-electron chi connectivity index (χ3n) is 6.48. The van der Waals surface area contributed by atoms with Gasteiger partial charge in [0.1, 0.15) is 5.75 Å². The lowest BCUT2D eigenvalue weighted by Gasteiger charge is -2.38. The first-order valence-corrected chi connectivity index (χ1v) is 12.2. The maximum atomic E-state index is 14.1. The van der Waals surface area contributed by atoms with Crippen LogP contribution in [-0.4, -0.2) is 34.6 Å². The van der Waals surface area contributed by atoms with Gasteiger partial charge in [-0.05, 0) is 56.2 Å². The smallest absolute Gasteiger partial charge is 0.321 e. The van der Waals surface area contributed by atoms with Gasteiger partial charge in [-0.3, -0.25) is 14.5 Å². The zero-order valence-corrected chi connectivity index (χ0v) is 20.7. The van der Waals surface area contributed by atoms with E-state index in [9.17, 15) is 9.59 Å². The van der Waals surface area contributed by atoms with Gasteiger partial charge in [0.2, 0.25) is 11.9 Å². The van der Waals surface area contributed by atoms with Crippen LogP contribution in [0.2, 0.25) is 0 Å². The van der Waals surface area contributed by atoms with Gasteiger partial charge in [-0.2, -0.15) is 0 Å². The van der Waals surface area contributed by atoms with Crippen LogP contribution in [0, 0.1) is 12.8 Å². The van der Waals surface area contributed by atoms with Gasteiger partial charge in [-0.25, -0.2) is 4.98 Å². The number of ether oxygens (including phenoxy) is 2. The van der Waals surface area contributed by atoms with Gasteiger partial charge in [-0.1, -0.05) is 54.1 Å². The molecule has 2 atom stereocenters. The Morgan fingerprint density at radius 2 is 1.67 bits per heavy atom. The van der Waals surface area contributed by atoms with Gasteiger partial charge in [-0.15, -0.1) is 0 Å². The highest BCUT2D eigenvalue weighted by Gasteiger charge is 2.47. The second kappa shape index (κ2) is 9.85. The van der Waals surface area contributed by atoms with Crippen molar-refractivity contribution in [3.05, 3.63) is 89.5 Å². The number of nitrogens with zero attached hydrogens (tertiary/aromatic N) is 3. The first kappa shape index (κ1) is 23.6. The molecular formula is C29H29N3O4. The fourth-order valence-corrected chi connectivity index (χ4v) is 4.80. The first-order valence-electron chi connectivity index (χ1n) is 12.2. The lowest BCUT2D eigenvalue weighted by atomic mass is 9.89. The summed E-state index contributed by atoms with van der Waals surface area (Å²) in [5.74, 6) is -0.679. The number of amides is 1. The molecule has 5 rings (SSSR count). The molecule has 0 bridgehead atoms. The average molecular weight is 484 g/mol. The summed E-state index contributed by atoms with van der Waals surface area (Å²) in [5.41, 5.74) is 4.51. The largest absolute Gasteiger partial charge is 0.494 e. The number of imidazole rings is 1. The fraction of sp³-hybridized carbons (Fsp3) is 0.276. The Morgan fingerprint density at radius 3 is 2.36 bits per heavy atom. The van der Waals surface area contributed by atoms with Crippen molar-refractivity contribution in [1.82, 2.24) is 9.55 Å². The molecule has 0 aliphatic carbocycles. The van der Waals surface area contributed by atoms with Gasteiger partial charge in [0.25, 0.3) is 0 Å². The number of hydrogen-bond donors (Lipinski definition) is 0. The Hall–Kier alpha value is -4.13. The Morgan fingerprint density at radius 1 is 0.944 bits per heavy atom. The lowest BCUT2D eigenvalue weighted by Crippen LogP contribution is -2.49. The first-order chi connectivity index (χ1) is 17.5. The Bertz CT molecular complexity index is 1390. The number of aryl methyl sites for hydroxylation is 1. The Balaban J connectivity index is 1.70. The van der Waals surface area contributed by atoms with Crippen molar-refractivity contribution in [1.29, 1.82) is 0 Å².